The van der Waals surface area contributed by atoms with Crippen molar-refractivity contribution in [1.29, 1.82) is 0 Å². The van der Waals surface area contributed by atoms with Gasteiger partial charge < -0.3 is 24.6 Å². The Hall–Kier alpha value is -4.18. The number of nitrogens with one attached hydrogen (secondary N) is 2. The Labute approximate surface area is 207 Å². The van der Waals surface area contributed by atoms with Gasteiger partial charge in [-0.15, -0.1) is 0 Å². The molecule has 3 aromatic rings. The Balaban J connectivity index is 1.18. The quantitative estimate of drug-likeness (QED) is 0.584. The summed E-state index contributed by atoms with van der Waals surface area (Å²) in [5.41, 5.74) is 4.36. The number of carbonyl (C=O) groups excluding carboxylic acids is 3. The maximum Gasteiger partial charge on any atom is 0.276 e. The van der Waals surface area contributed by atoms with Crippen LogP contribution in [0.2, 0.25) is 0 Å². The molecule has 10 nitrogen and oxygen atoms in total. The fraction of sp³-hybridized carbons (Fsp3) is 0.308. The van der Waals surface area contributed by atoms with Crippen LogP contribution in [0.25, 0.3) is 0 Å². The van der Waals surface area contributed by atoms with E-state index in [-0.39, 0.29) is 23.4 Å². The highest BCUT2D eigenvalue weighted by molar-refractivity contribution is 6.11. The first-order valence-corrected chi connectivity index (χ1v) is 12.0. The SMILES string of the molecule is CC1OCCN(c2ccc(N3CCc4c(C(=O)Nc5ccc6c(c5)CCO6)n[nH]c4C3=O)cc2)C1=O. The molecule has 1 fully saturated rings. The van der Waals surface area contributed by atoms with Crippen molar-refractivity contribution >= 4 is 34.8 Å². The molecule has 1 atom stereocenters. The van der Waals surface area contributed by atoms with E-state index < -0.39 is 6.10 Å². The number of aromatic nitrogens is 2. The average molecular weight is 488 g/mol. The summed E-state index contributed by atoms with van der Waals surface area (Å²) in [4.78, 5) is 42.0. The van der Waals surface area contributed by atoms with E-state index >= 15 is 0 Å². The molecule has 6 rings (SSSR count). The van der Waals surface area contributed by atoms with Crippen molar-refractivity contribution in [3.05, 3.63) is 65.0 Å². The summed E-state index contributed by atoms with van der Waals surface area (Å²) in [6.45, 7) is 3.78. The van der Waals surface area contributed by atoms with Crippen molar-refractivity contribution in [2.24, 2.45) is 0 Å². The number of anilines is 3. The van der Waals surface area contributed by atoms with Gasteiger partial charge in [0.1, 0.15) is 17.5 Å². The van der Waals surface area contributed by atoms with E-state index in [0.717, 1.165) is 23.4 Å². The zero-order chi connectivity index (χ0) is 24.8. The molecule has 184 valence electrons. The number of benzene rings is 2. The zero-order valence-corrected chi connectivity index (χ0v) is 19.7. The molecule has 1 unspecified atom stereocenters. The van der Waals surface area contributed by atoms with Crippen molar-refractivity contribution in [2.45, 2.75) is 25.9 Å². The number of nitrogens with zero attached hydrogens (tertiary/aromatic N) is 3. The number of rotatable bonds is 4. The van der Waals surface area contributed by atoms with Crippen LogP contribution in [0.3, 0.4) is 0 Å². The first kappa shape index (κ1) is 22.3. The first-order chi connectivity index (χ1) is 17.5. The number of aromatic amines is 1. The Morgan fingerprint density at radius 1 is 1.03 bits per heavy atom. The summed E-state index contributed by atoms with van der Waals surface area (Å²) >= 11 is 0. The second-order valence-corrected chi connectivity index (χ2v) is 9.03. The molecule has 0 bridgehead atoms. The Morgan fingerprint density at radius 3 is 2.61 bits per heavy atom. The topological polar surface area (TPSA) is 117 Å². The predicted octanol–water partition coefficient (Wildman–Crippen LogP) is 2.55. The van der Waals surface area contributed by atoms with Gasteiger partial charge in [-0.1, -0.05) is 0 Å². The van der Waals surface area contributed by atoms with Crippen molar-refractivity contribution in [3.63, 3.8) is 0 Å². The van der Waals surface area contributed by atoms with Crippen LogP contribution < -0.4 is 19.9 Å². The van der Waals surface area contributed by atoms with Gasteiger partial charge in [0.2, 0.25) is 0 Å². The smallest absolute Gasteiger partial charge is 0.276 e. The van der Waals surface area contributed by atoms with E-state index in [2.05, 4.69) is 15.5 Å². The first-order valence-electron chi connectivity index (χ1n) is 12.0. The van der Waals surface area contributed by atoms with Gasteiger partial charge in [0, 0.05) is 42.1 Å². The number of H-pyrrole nitrogens is 1. The highest BCUT2D eigenvalue weighted by atomic mass is 16.5. The third-order valence-corrected chi connectivity index (χ3v) is 6.84. The molecule has 2 aromatic carbocycles. The maximum absolute atomic E-state index is 13.2. The number of fused-ring (bicyclic) bond motifs is 2. The zero-order valence-electron chi connectivity index (χ0n) is 19.7. The van der Waals surface area contributed by atoms with Crippen LogP contribution in [-0.2, 0) is 22.4 Å². The lowest BCUT2D eigenvalue weighted by molar-refractivity contribution is -0.132. The summed E-state index contributed by atoms with van der Waals surface area (Å²) < 4.78 is 10.9. The van der Waals surface area contributed by atoms with E-state index in [4.69, 9.17) is 9.47 Å². The molecule has 0 radical (unpaired) electrons. The minimum atomic E-state index is -0.469. The molecule has 36 heavy (non-hydrogen) atoms. The normalized spacial score (nSPS) is 19.1. The van der Waals surface area contributed by atoms with Crippen LogP contribution in [0, 0.1) is 0 Å². The second-order valence-electron chi connectivity index (χ2n) is 9.03. The van der Waals surface area contributed by atoms with Crippen LogP contribution in [0.4, 0.5) is 17.1 Å². The van der Waals surface area contributed by atoms with Gasteiger partial charge in [-0.05, 0) is 61.4 Å². The molecule has 4 heterocycles. The van der Waals surface area contributed by atoms with E-state index in [0.29, 0.717) is 55.4 Å². The van der Waals surface area contributed by atoms with Crippen LogP contribution in [0.15, 0.2) is 42.5 Å². The summed E-state index contributed by atoms with van der Waals surface area (Å²) in [5.74, 6) is 0.154. The summed E-state index contributed by atoms with van der Waals surface area (Å²) in [6, 6.07) is 12.9. The van der Waals surface area contributed by atoms with Crippen LogP contribution in [0.5, 0.6) is 5.75 Å². The maximum atomic E-state index is 13.2. The van der Waals surface area contributed by atoms with Crippen LogP contribution in [0.1, 0.15) is 39.0 Å². The molecule has 3 aliphatic rings. The van der Waals surface area contributed by atoms with Crippen molar-refractivity contribution in [1.82, 2.24) is 10.2 Å². The van der Waals surface area contributed by atoms with E-state index in [1.807, 2.05) is 36.4 Å². The number of hydrogen-bond donors (Lipinski definition) is 2. The van der Waals surface area contributed by atoms with E-state index in [1.165, 1.54) is 0 Å². The summed E-state index contributed by atoms with van der Waals surface area (Å²) in [5, 5.41) is 9.82. The molecule has 0 aliphatic carbocycles. The van der Waals surface area contributed by atoms with Crippen LogP contribution >= 0.6 is 0 Å². The van der Waals surface area contributed by atoms with Gasteiger partial charge in [0.05, 0.1) is 13.2 Å². The third-order valence-electron chi connectivity index (χ3n) is 6.84. The van der Waals surface area contributed by atoms with Crippen molar-refractivity contribution in [2.75, 3.05) is 41.4 Å². The minimum absolute atomic E-state index is 0.0795. The molecule has 0 spiro atoms. The number of carbonyl (C=O) groups is 3. The minimum Gasteiger partial charge on any atom is -0.493 e. The molecule has 1 saturated heterocycles. The van der Waals surface area contributed by atoms with Gasteiger partial charge in [-0.25, -0.2) is 0 Å². The Morgan fingerprint density at radius 2 is 1.81 bits per heavy atom. The lowest BCUT2D eigenvalue weighted by Gasteiger charge is -2.31. The number of ether oxygens (including phenoxy) is 2. The molecule has 0 saturated carbocycles. The molecule has 2 N–H and O–H groups in total. The van der Waals surface area contributed by atoms with Gasteiger partial charge in [-0.3, -0.25) is 19.5 Å². The molecule has 10 heteroatoms. The number of hydrogen-bond acceptors (Lipinski definition) is 6. The van der Waals surface area contributed by atoms with E-state index in [1.54, 1.807) is 22.8 Å². The van der Waals surface area contributed by atoms with Crippen molar-refractivity contribution in [3.8, 4) is 5.75 Å². The van der Waals surface area contributed by atoms with Gasteiger partial charge >= 0.3 is 0 Å². The highest BCUT2D eigenvalue weighted by Crippen LogP contribution is 2.30. The standard InChI is InChI=1S/C26H25N5O5/c1-15-25(33)31(11-13-35-15)19-5-3-18(4-6-19)30-10-8-20-22(28-29-23(20)26(30)34)24(32)27-17-2-7-21-16(14-17)9-12-36-21/h2-7,14-15H,8-13H2,1H3,(H,27,32)(H,28,29). The third kappa shape index (κ3) is 3.79. The summed E-state index contributed by atoms with van der Waals surface area (Å²) in [7, 11) is 0. The Kier molecular flexibility index (Phi) is 5.45. The van der Waals surface area contributed by atoms with Crippen molar-refractivity contribution < 1.29 is 23.9 Å². The lowest BCUT2D eigenvalue weighted by Crippen LogP contribution is -2.46. The number of morpholine rings is 1. The molecular weight excluding hydrogens is 462 g/mol. The fourth-order valence-corrected chi connectivity index (χ4v) is 4.92. The van der Waals surface area contributed by atoms with Crippen LogP contribution in [-0.4, -0.2) is 60.3 Å². The summed E-state index contributed by atoms with van der Waals surface area (Å²) in [6.07, 6.45) is 0.827. The molecule has 3 aliphatic heterocycles. The molecule has 3 amide bonds. The van der Waals surface area contributed by atoms with Gasteiger partial charge in [-0.2, -0.15) is 5.10 Å². The second kappa shape index (κ2) is 8.80. The molecule has 1 aromatic heterocycles. The number of amides is 3. The Bertz CT molecular complexity index is 1370. The highest BCUT2D eigenvalue weighted by Gasteiger charge is 2.32. The van der Waals surface area contributed by atoms with Gasteiger partial charge in [0.25, 0.3) is 17.7 Å². The van der Waals surface area contributed by atoms with Gasteiger partial charge in [0.15, 0.2) is 5.69 Å². The monoisotopic (exact) mass is 487 g/mol. The average Bonchev–Trinajstić information content (AvgIpc) is 3.53. The largest absolute Gasteiger partial charge is 0.493 e. The van der Waals surface area contributed by atoms with E-state index in [9.17, 15) is 14.4 Å². The molecular formula is C26H25N5O5. The lowest BCUT2D eigenvalue weighted by atomic mass is 10.0. The fourth-order valence-electron chi connectivity index (χ4n) is 4.92. The predicted molar refractivity (Wildman–Crippen MR) is 132 cm³/mol.